The molecule has 0 radical (unpaired) electrons. The van der Waals surface area contributed by atoms with Crippen LogP contribution in [0.3, 0.4) is 0 Å². The third-order valence-electron chi connectivity index (χ3n) is 5.64. The van der Waals surface area contributed by atoms with E-state index in [9.17, 15) is 25.2 Å². The Bertz CT molecular complexity index is 890. The first-order valence-electron chi connectivity index (χ1n) is 9.00. The van der Waals surface area contributed by atoms with Crippen LogP contribution in [0.1, 0.15) is 10.4 Å². The summed E-state index contributed by atoms with van der Waals surface area (Å²) in [7, 11) is 0. The predicted molar refractivity (Wildman–Crippen MR) is 98.4 cm³/mol. The minimum Gasteiger partial charge on any atom is -0.449 e. The fourth-order valence-corrected chi connectivity index (χ4v) is 4.45. The first kappa shape index (κ1) is 19.4. The number of rotatable bonds is 4. The molecular formula is C17H23N6O6+. The average Bonchev–Trinajstić information content (AvgIpc) is 3.15. The highest BCUT2D eigenvalue weighted by atomic mass is 16.6. The molecule has 0 aliphatic carbocycles. The van der Waals surface area contributed by atoms with E-state index in [4.69, 9.17) is 16.2 Å². The smallest absolute Gasteiger partial charge is 0.346 e. The van der Waals surface area contributed by atoms with Crippen LogP contribution in [0.25, 0.3) is 0 Å². The molecule has 0 unspecified atom stereocenters. The maximum Gasteiger partial charge on any atom is 0.346 e. The van der Waals surface area contributed by atoms with Gasteiger partial charge in [-0.05, 0) is 12.1 Å². The van der Waals surface area contributed by atoms with Gasteiger partial charge in [-0.25, -0.2) is 14.4 Å². The van der Waals surface area contributed by atoms with Crippen LogP contribution in [-0.2, 0) is 4.74 Å². The number of nitrogens with one attached hydrogen (secondary N) is 2. The van der Waals surface area contributed by atoms with E-state index in [0.717, 1.165) is 0 Å². The Morgan fingerprint density at radius 2 is 1.90 bits per heavy atom. The Kier molecular flexibility index (Phi) is 4.38. The highest BCUT2D eigenvalue weighted by Gasteiger charge is 2.79. The van der Waals surface area contributed by atoms with Gasteiger partial charge in [0.1, 0.15) is 12.1 Å². The van der Waals surface area contributed by atoms with Gasteiger partial charge in [0, 0.05) is 0 Å². The summed E-state index contributed by atoms with van der Waals surface area (Å²) in [5.41, 5.74) is 10.2. The molecule has 29 heavy (non-hydrogen) atoms. The number of ether oxygens (including phenoxy) is 1. The van der Waals surface area contributed by atoms with Crippen LogP contribution in [-0.4, -0.2) is 91.8 Å². The van der Waals surface area contributed by atoms with Crippen LogP contribution in [0.15, 0.2) is 35.3 Å². The van der Waals surface area contributed by atoms with E-state index in [1.54, 1.807) is 18.2 Å². The van der Waals surface area contributed by atoms with E-state index >= 15 is 0 Å². The molecule has 3 aliphatic rings. The van der Waals surface area contributed by atoms with Gasteiger partial charge >= 0.3 is 11.9 Å². The quantitative estimate of drug-likeness (QED) is 0.137. The second kappa shape index (κ2) is 6.56. The molecule has 1 aromatic carbocycles. The number of aliphatic hydroxyl groups is 4. The monoisotopic (exact) mass is 407 g/mol. The van der Waals surface area contributed by atoms with Crippen molar-refractivity contribution in [2.45, 2.75) is 35.7 Å². The fraction of sp³-hybridized carbons (Fsp3) is 0.471. The van der Waals surface area contributed by atoms with Crippen molar-refractivity contribution in [3.63, 3.8) is 0 Å². The van der Waals surface area contributed by atoms with Gasteiger partial charge in [-0.1, -0.05) is 18.2 Å². The fourth-order valence-electron chi connectivity index (χ4n) is 4.45. The molecule has 3 aliphatic heterocycles. The normalized spacial score (nSPS) is 34.6. The lowest BCUT2D eigenvalue weighted by atomic mass is 9.86. The summed E-state index contributed by atoms with van der Waals surface area (Å²) >= 11 is 0. The van der Waals surface area contributed by atoms with Crippen molar-refractivity contribution < 1.29 is 34.5 Å². The molecule has 3 heterocycles. The molecule has 0 aromatic heterocycles. The number of nitrogens with two attached hydrogens (primary N) is 2. The van der Waals surface area contributed by atoms with Crippen molar-refractivity contribution in [1.82, 2.24) is 10.6 Å². The van der Waals surface area contributed by atoms with Crippen molar-refractivity contribution in [1.29, 1.82) is 0 Å². The minimum atomic E-state index is -2.78. The van der Waals surface area contributed by atoms with Crippen molar-refractivity contribution >= 4 is 17.9 Å². The second-order valence-corrected chi connectivity index (χ2v) is 7.21. The van der Waals surface area contributed by atoms with Crippen LogP contribution in [0.2, 0.25) is 0 Å². The highest BCUT2D eigenvalue weighted by Crippen LogP contribution is 2.45. The molecule has 0 amide bonds. The SMILES string of the molecule is NC1=N[C@H]2[C@H](CO)NC(N)=[N+]3[C@@H](CO)[C@H](OC(=O)c4ccccc4)C(O)(O)[C@]23N1. The van der Waals surface area contributed by atoms with Gasteiger partial charge in [0.25, 0.3) is 5.79 Å². The summed E-state index contributed by atoms with van der Waals surface area (Å²) in [6.07, 6.45) is -1.62. The van der Waals surface area contributed by atoms with E-state index in [-0.39, 0.29) is 17.5 Å². The topological polar surface area (TPSA) is 199 Å². The number of nitrogens with zero attached hydrogens (tertiary/aromatic N) is 2. The molecule has 1 spiro atoms. The van der Waals surface area contributed by atoms with E-state index < -0.39 is 54.9 Å². The summed E-state index contributed by atoms with van der Waals surface area (Å²) in [5, 5.41) is 47.7. The van der Waals surface area contributed by atoms with Crippen LogP contribution in [0.5, 0.6) is 0 Å². The summed E-state index contributed by atoms with van der Waals surface area (Å²) in [5.74, 6) is -3.77. The Morgan fingerprint density at radius 3 is 2.52 bits per heavy atom. The molecule has 156 valence electrons. The molecule has 1 aromatic rings. The molecule has 1 saturated heterocycles. The zero-order valence-corrected chi connectivity index (χ0v) is 15.3. The Labute approximate surface area is 165 Å². The zero-order valence-electron chi connectivity index (χ0n) is 15.3. The number of guanidine groups is 2. The summed E-state index contributed by atoms with van der Waals surface area (Å²) < 4.78 is 6.69. The number of carbonyl (C=O) groups is 1. The average molecular weight is 407 g/mol. The van der Waals surface area contributed by atoms with Gasteiger partial charge in [0.05, 0.1) is 18.8 Å². The Balaban J connectivity index is 1.80. The zero-order chi connectivity index (χ0) is 21.0. The van der Waals surface area contributed by atoms with E-state index in [1.165, 1.54) is 16.7 Å². The van der Waals surface area contributed by atoms with E-state index in [1.807, 2.05) is 0 Å². The maximum absolute atomic E-state index is 12.6. The number of hydrogen-bond donors (Lipinski definition) is 8. The maximum atomic E-state index is 12.6. The van der Waals surface area contributed by atoms with Gasteiger partial charge in [-0.15, -0.1) is 0 Å². The van der Waals surface area contributed by atoms with Gasteiger partial charge in [0.15, 0.2) is 18.1 Å². The molecule has 0 bridgehead atoms. The molecule has 0 saturated carbocycles. The lowest BCUT2D eigenvalue weighted by molar-refractivity contribution is -0.650. The third kappa shape index (κ3) is 2.50. The standard InChI is InChI=1S/C17H22N6O6/c18-14-21-11-9(6-24)20-15(19)23-10(7-25)12(17(27,28)16(11,23)22-14)29-13(26)8-4-2-1-3-5-8/h1-5,9-12,24-25,27-28H,6-7H2,(H5,18,19,20,21,22)/p+1/t9-,10-,11-,12-,16-/m0/s1. The van der Waals surface area contributed by atoms with Crippen LogP contribution >= 0.6 is 0 Å². The summed E-state index contributed by atoms with van der Waals surface area (Å²) in [6, 6.07) is 5.04. The van der Waals surface area contributed by atoms with Crippen LogP contribution < -0.4 is 22.1 Å². The molecule has 12 heteroatoms. The van der Waals surface area contributed by atoms with Crippen molar-refractivity contribution in [3.05, 3.63) is 35.9 Å². The van der Waals surface area contributed by atoms with Gasteiger partial charge in [-0.2, -0.15) is 0 Å². The number of benzene rings is 1. The predicted octanol–water partition coefficient (Wildman–Crippen LogP) is -4.46. The van der Waals surface area contributed by atoms with Gasteiger partial charge in [-0.3, -0.25) is 11.1 Å². The third-order valence-corrected chi connectivity index (χ3v) is 5.64. The lowest BCUT2D eigenvalue weighted by Crippen LogP contribution is -2.79. The first-order valence-corrected chi connectivity index (χ1v) is 9.00. The van der Waals surface area contributed by atoms with Crippen molar-refractivity contribution in [2.24, 2.45) is 16.5 Å². The summed E-state index contributed by atoms with van der Waals surface area (Å²) in [4.78, 5) is 16.8. The highest BCUT2D eigenvalue weighted by molar-refractivity contribution is 5.89. The Hall–Kier alpha value is -2.93. The lowest BCUT2D eigenvalue weighted by Gasteiger charge is -2.43. The largest absolute Gasteiger partial charge is 0.449 e. The summed E-state index contributed by atoms with van der Waals surface area (Å²) in [6.45, 7) is -1.06. The van der Waals surface area contributed by atoms with Crippen molar-refractivity contribution in [2.75, 3.05) is 13.2 Å². The van der Waals surface area contributed by atoms with Crippen LogP contribution in [0, 0.1) is 0 Å². The first-order chi connectivity index (χ1) is 13.8. The number of aliphatic hydroxyl groups excluding tert-OH is 2. The number of carbonyl (C=O) groups excluding carboxylic acids is 1. The molecule has 4 rings (SSSR count). The number of esters is 1. The molecule has 10 N–H and O–H groups in total. The van der Waals surface area contributed by atoms with Crippen molar-refractivity contribution in [3.8, 4) is 0 Å². The number of aliphatic imine (C=N–C) groups is 1. The van der Waals surface area contributed by atoms with E-state index in [0.29, 0.717) is 0 Å². The van der Waals surface area contributed by atoms with E-state index in [2.05, 4.69) is 15.6 Å². The van der Waals surface area contributed by atoms with Gasteiger partial charge in [0.2, 0.25) is 5.66 Å². The van der Waals surface area contributed by atoms with Crippen LogP contribution in [0.4, 0.5) is 0 Å². The number of hydrogen-bond acceptors (Lipinski definition) is 11. The Morgan fingerprint density at radius 1 is 1.21 bits per heavy atom. The minimum absolute atomic E-state index is 0.0671. The molecule has 5 atom stereocenters. The molecule has 1 fully saturated rings. The second-order valence-electron chi connectivity index (χ2n) is 7.21. The molecule has 12 nitrogen and oxygen atoms in total. The van der Waals surface area contributed by atoms with Gasteiger partial charge < -0.3 is 36.2 Å². The molecular weight excluding hydrogens is 384 g/mol.